The molecule has 0 radical (unpaired) electrons. The molecule has 42 heavy (non-hydrogen) atoms. The Bertz CT molecular complexity index is 1860. The molecule has 0 saturated carbocycles. The summed E-state index contributed by atoms with van der Waals surface area (Å²) in [6.45, 7) is 2.84. The van der Waals surface area contributed by atoms with Crippen LogP contribution in [0.25, 0.3) is 39.0 Å². The molecule has 1 aliphatic rings. The first-order valence-corrected chi connectivity index (χ1v) is 13.8. The smallest absolute Gasteiger partial charge is 0.318 e. The standard InChI is InChI=1S/C31H27ClFN7O2/c1-18-34-14-12-20(36-18)10-11-25(41)40-15-13-21(17-40)39(2)30-23-16-35-28(27(33)29(23)37-31(38-30)42-3)22-8-4-6-19-7-5-9-24(32)26(19)22/h4-12,14,16,21H,13,15,17H2,1-3H3/b11-10+. The fourth-order valence-corrected chi connectivity index (χ4v) is 5.61. The van der Waals surface area contributed by atoms with Crippen molar-refractivity contribution in [2.45, 2.75) is 19.4 Å². The first-order valence-electron chi connectivity index (χ1n) is 13.4. The fourth-order valence-electron chi connectivity index (χ4n) is 5.32. The highest BCUT2D eigenvalue weighted by Gasteiger charge is 2.30. The number of nitrogens with zero attached hydrogens (tertiary/aromatic N) is 7. The van der Waals surface area contributed by atoms with Crippen molar-refractivity contribution >= 4 is 51.1 Å². The topological polar surface area (TPSA) is 97.2 Å². The van der Waals surface area contributed by atoms with Gasteiger partial charge in [-0.25, -0.2) is 14.4 Å². The van der Waals surface area contributed by atoms with Gasteiger partial charge in [0.2, 0.25) is 5.91 Å². The average Bonchev–Trinajstić information content (AvgIpc) is 3.50. The normalized spacial score (nSPS) is 15.2. The summed E-state index contributed by atoms with van der Waals surface area (Å²) >= 11 is 6.52. The van der Waals surface area contributed by atoms with Crippen LogP contribution < -0.4 is 9.64 Å². The van der Waals surface area contributed by atoms with Crippen molar-refractivity contribution in [3.63, 3.8) is 0 Å². The van der Waals surface area contributed by atoms with Crippen LogP contribution in [0.4, 0.5) is 10.2 Å². The number of ether oxygens (including phenoxy) is 1. The van der Waals surface area contributed by atoms with E-state index in [1.807, 2.05) is 36.2 Å². The van der Waals surface area contributed by atoms with Gasteiger partial charge < -0.3 is 14.5 Å². The van der Waals surface area contributed by atoms with E-state index >= 15 is 4.39 Å². The van der Waals surface area contributed by atoms with E-state index in [0.29, 0.717) is 58.2 Å². The molecule has 1 aliphatic heterocycles. The summed E-state index contributed by atoms with van der Waals surface area (Å²) in [5.41, 5.74) is 1.47. The van der Waals surface area contributed by atoms with Crippen molar-refractivity contribution in [3.05, 3.63) is 83.3 Å². The number of hydrogen-bond donors (Lipinski definition) is 0. The zero-order valence-electron chi connectivity index (χ0n) is 23.3. The molecule has 9 nitrogen and oxygen atoms in total. The van der Waals surface area contributed by atoms with Crippen molar-refractivity contribution in [1.82, 2.24) is 29.8 Å². The van der Waals surface area contributed by atoms with Crippen LogP contribution in [-0.2, 0) is 4.79 Å². The molecule has 0 bridgehead atoms. The Morgan fingerprint density at radius 3 is 2.74 bits per heavy atom. The van der Waals surface area contributed by atoms with Crippen LogP contribution in [0.1, 0.15) is 17.9 Å². The zero-order chi connectivity index (χ0) is 29.4. The van der Waals surface area contributed by atoms with Gasteiger partial charge in [-0.2, -0.15) is 9.97 Å². The van der Waals surface area contributed by atoms with Gasteiger partial charge in [-0.3, -0.25) is 9.78 Å². The largest absolute Gasteiger partial charge is 0.467 e. The molecule has 3 aromatic heterocycles. The molecule has 0 aliphatic carbocycles. The van der Waals surface area contributed by atoms with Gasteiger partial charge in [-0.05, 0) is 36.9 Å². The van der Waals surface area contributed by atoms with Crippen LogP contribution in [0.5, 0.6) is 6.01 Å². The Balaban J connectivity index is 1.31. The maximum Gasteiger partial charge on any atom is 0.318 e. The van der Waals surface area contributed by atoms with Crippen molar-refractivity contribution in [3.8, 4) is 17.3 Å². The highest BCUT2D eigenvalue weighted by atomic mass is 35.5. The summed E-state index contributed by atoms with van der Waals surface area (Å²) < 4.78 is 21.6. The number of pyridine rings is 1. The van der Waals surface area contributed by atoms with Crippen LogP contribution in [0.2, 0.25) is 5.02 Å². The Kier molecular flexibility index (Phi) is 7.38. The van der Waals surface area contributed by atoms with Gasteiger partial charge in [-0.15, -0.1) is 0 Å². The second-order valence-corrected chi connectivity index (χ2v) is 10.5. The maximum atomic E-state index is 16.2. The van der Waals surface area contributed by atoms with Gasteiger partial charge in [0.15, 0.2) is 5.82 Å². The molecule has 1 saturated heterocycles. The average molecular weight is 584 g/mol. The van der Waals surface area contributed by atoms with E-state index in [4.69, 9.17) is 16.3 Å². The lowest BCUT2D eigenvalue weighted by atomic mass is 10.0. The van der Waals surface area contributed by atoms with Crippen molar-refractivity contribution in [1.29, 1.82) is 0 Å². The van der Waals surface area contributed by atoms with Gasteiger partial charge in [-0.1, -0.05) is 41.9 Å². The Hall–Kier alpha value is -4.70. The molecule has 11 heteroatoms. The van der Waals surface area contributed by atoms with Crippen LogP contribution >= 0.6 is 11.6 Å². The maximum absolute atomic E-state index is 16.2. The molecule has 1 atom stereocenters. The van der Waals surface area contributed by atoms with E-state index in [9.17, 15) is 4.79 Å². The molecule has 5 aromatic rings. The molecule has 1 amide bonds. The number of methoxy groups -OCH3 is 1. The van der Waals surface area contributed by atoms with Gasteiger partial charge in [0.1, 0.15) is 22.9 Å². The third kappa shape index (κ3) is 5.09. The molecular weight excluding hydrogens is 557 g/mol. The number of carbonyl (C=O) groups excluding carboxylic acids is 1. The number of rotatable bonds is 6. The molecule has 6 rings (SSSR count). The summed E-state index contributed by atoms with van der Waals surface area (Å²) in [4.78, 5) is 38.5. The summed E-state index contributed by atoms with van der Waals surface area (Å²) in [5, 5.41) is 2.54. The minimum atomic E-state index is -0.594. The highest BCUT2D eigenvalue weighted by molar-refractivity contribution is 6.36. The second kappa shape index (κ2) is 11.3. The number of halogens is 2. The van der Waals surface area contributed by atoms with E-state index in [2.05, 4.69) is 24.9 Å². The third-order valence-corrected chi connectivity index (χ3v) is 7.80. The molecule has 1 unspecified atom stereocenters. The summed E-state index contributed by atoms with van der Waals surface area (Å²) in [5.74, 6) is 0.401. The van der Waals surface area contributed by atoms with Crippen LogP contribution in [0.15, 0.2) is 60.9 Å². The SMILES string of the molecule is COc1nc(N(C)C2CCN(C(=O)/C=C/c3ccnc(C)n3)C2)c2cnc(-c3cccc4cccc(Cl)c34)c(F)c2n1. The summed E-state index contributed by atoms with van der Waals surface area (Å²) in [6.07, 6.45) is 7.16. The highest BCUT2D eigenvalue weighted by Crippen LogP contribution is 2.37. The van der Waals surface area contributed by atoms with Gasteiger partial charge in [0.25, 0.3) is 0 Å². The number of carbonyl (C=O) groups is 1. The van der Waals surface area contributed by atoms with Gasteiger partial charge in [0, 0.05) is 60.6 Å². The molecule has 4 heterocycles. The van der Waals surface area contributed by atoms with Crippen molar-refractivity contribution in [2.24, 2.45) is 0 Å². The lowest BCUT2D eigenvalue weighted by Gasteiger charge is -2.27. The Morgan fingerprint density at radius 2 is 1.95 bits per heavy atom. The number of likely N-dealkylation sites (N-methyl/N-ethyl adjacent to an activating group) is 1. The number of hydrogen-bond acceptors (Lipinski definition) is 8. The van der Waals surface area contributed by atoms with Gasteiger partial charge >= 0.3 is 6.01 Å². The Labute approximate surface area is 246 Å². The van der Waals surface area contributed by atoms with Crippen LogP contribution in [0.3, 0.4) is 0 Å². The fraction of sp³-hybridized carbons (Fsp3) is 0.226. The lowest BCUT2D eigenvalue weighted by molar-refractivity contribution is -0.124. The van der Waals surface area contributed by atoms with E-state index in [0.717, 1.165) is 5.39 Å². The summed E-state index contributed by atoms with van der Waals surface area (Å²) in [6, 6.07) is 12.8. The first-order chi connectivity index (χ1) is 20.3. The minimum Gasteiger partial charge on any atom is -0.467 e. The van der Waals surface area contributed by atoms with Gasteiger partial charge in [0.05, 0.1) is 18.2 Å². The van der Waals surface area contributed by atoms with Crippen LogP contribution in [-0.4, -0.2) is 69.0 Å². The Morgan fingerprint density at radius 1 is 1.14 bits per heavy atom. The van der Waals surface area contributed by atoms with Crippen molar-refractivity contribution in [2.75, 3.05) is 32.1 Å². The predicted octanol–water partition coefficient (Wildman–Crippen LogP) is 5.50. The molecule has 0 N–H and O–H groups in total. The first kappa shape index (κ1) is 27.5. The van der Waals surface area contributed by atoms with E-state index < -0.39 is 5.82 Å². The number of likely N-dealkylation sites (tertiary alicyclic amines) is 1. The van der Waals surface area contributed by atoms with Crippen molar-refractivity contribution < 1.29 is 13.9 Å². The number of benzene rings is 2. The van der Waals surface area contributed by atoms with E-state index in [1.165, 1.54) is 13.2 Å². The second-order valence-electron chi connectivity index (χ2n) is 10.1. The molecule has 212 valence electrons. The molecule has 0 spiro atoms. The molecular formula is C31H27ClFN7O2. The van der Waals surface area contributed by atoms with E-state index in [-0.39, 0.29) is 29.2 Å². The summed E-state index contributed by atoms with van der Waals surface area (Å²) in [7, 11) is 3.31. The number of amides is 1. The minimum absolute atomic E-state index is 0.0327. The van der Waals surface area contributed by atoms with E-state index in [1.54, 1.807) is 48.5 Å². The quantitative estimate of drug-likeness (QED) is 0.242. The third-order valence-electron chi connectivity index (χ3n) is 7.49. The zero-order valence-corrected chi connectivity index (χ0v) is 24.0. The lowest BCUT2D eigenvalue weighted by Crippen LogP contribution is -2.36. The number of aromatic nitrogens is 5. The number of aryl methyl sites for hydroxylation is 1. The number of anilines is 1. The van der Waals surface area contributed by atoms with Crippen LogP contribution in [0, 0.1) is 12.7 Å². The monoisotopic (exact) mass is 583 g/mol. The number of fused-ring (bicyclic) bond motifs is 2. The molecule has 2 aromatic carbocycles. The molecule has 1 fully saturated rings. The predicted molar refractivity (Wildman–Crippen MR) is 161 cm³/mol.